The zero-order chi connectivity index (χ0) is 19.9. The smallest absolute Gasteiger partial charge is 0.406 e. The number of nitrogens with zero attached hydrogens (tertiary/aromatic N) is 2. The van der Waals surface area contributed by atoms with Gasteiger partial charge in [-0.3, -0.25) is 9.59 Å². The molecular formula is C20H23F3N2O3. The van der Waals surface area contributed by atoms with E-state index in [1.165, 1.54) is 12.1 Å². The largest absolute Gasteiger partial charge is 0.573 e. The SMILES string of the molecule is O=C(C1CC1)N1CCC(C(=O)N2CCCc3cc(OC(F)(F)F)ccc32)CC1. The number of rotatable bonds is 3. The predicted octanol–water partition coefficient (Wildman–Crippen LogP) is 3.51. The van der Waals surface area contributed by atoms with Gasteiger partial charge in [-0.15, -0.1) is 13.2 Å². The van der Waals surface area contributed by atoms with Crippen molar-refractivity contribution < 1.29 is 27.5 Å². The Morgan fingerprint density at radius 1 is 0.964 bits per heavy atom. The van der Waals surface area contributed by atoms with E-state index in [0.29, 0.717) is 56.6 Å². The average Bonchev–Trinajstić information content (AvgIpc) is 3.50. The lowest BCUT2D eigenvalue weighted by atomic mass is 9.92. The van der Waals surface area contributed by atoms with Crippen LogP contribution < -0.4 is 9.64 Å². The van der Waals surface area contributed by atoms with E-state index in [0.717, 1.165) is 12.8 Å². The first-order valence-corrected chi connectivity index (χ1v) is 9.80. The van der Waals surface area contributed by atoms with Gasteiger partial charge in [0.25, 0.3) is 0 Å². The Labute approximate surface area is 161 Å². The summed E-state index contributed by atoms with van der Waals surface area (Å²) in [5.41, 5.74) is 1.37. The van der Waals surface area contributed by atoms with Crippen LogP contribution in [0.25, 0.3) is 0 Å². The summed E-state index contributed by atoms with van der Waals surface area (Å²) in [6, 6.07) is 4.17. The number of aryl methyl sites for hydroxylation is 1. The van der Waals surface area contributed by atoms with Gasteiger partial charge in [-0.1, -0.05) is 0 Å². The van der Waals surface area contributed by atoms with Crippen LogP contribution in [0.4, 0.5) is 18.9 Å². The van der Waals surface area contributed by atoms with E-state index in [1.807, 2.05) is 4.90 Å². The van der Waals surface area contributed by atoms with Gasteiger partial charge in [-0.05, 0) is 62.3 Å². The number of carbonyl (C=O) groups is 2. The molecule has 0 bridgehead atoms. The van der Waals surface area contributed by atoms with E-state index in [9.17, 15) is 22.8 Å². The number of ether oxygens (including phenoxy) is 1. The van der Waals surface area contributed by atoms with Crippen molar-refractivity contribution in [1.29, 1.82) is 0 Å². The van der Waals surface area contributed by atoms with Crippen LogP contribution in [0.2, 0.25) is 0 Å². The quantitative estimate of drug-likeness (QED) is 0.786. The third-order valence-corrected chi connectivity index (χ3v) is 5.75. The van der Waals surface area contributed by atoms with Crippen molar-refractivity contribution >= 4 is 17.5 Å². The number of hydrogen-bond donors (Lipinski definition) is 0. The van der Waals surface area contributed by atoms with Gasteiger partial charge in [0.2, 0.25) is 11.8 Å². The standard InChI is InChI=1S/C20H23F3N2O3/c21-20(22,23)28-16-5-6-17-15(12-16)2-1-9-25(17)19(27)14-7-10-24(11-8-14)18(26)13-3-4-13/h5-6,12-14H,1-4,7-11H2. The number of halogens is 3. The number of amides is 2. The summed E-state index contributed by atoms with van der Waals surface area (Å²) in [6.07, 6.45) is -0.193. The van der Waals surface area contributed by atoms with Crippen LogP contribution >= 0.6 is 0 Å². The molecule has 2 heterocycles. The number of fused-ring (bicyclic) bond motifs is 1. The molecule has 3 aliphatic rings. The van der Waals surface area contributed by atoms with Crippen LogP contribution in [0, 0.1) is 11.8 Å². The number of piperidine rings is 1. The first kappa shape index (κ1) is 19.1. The summed E-state index contributed by atoms with van der Waals surface area (Å²) in [6.45, 7) is 1.77. The van der Waals surface area contributed by atoms with Crippen LogP contribution in [0.1, 0.15) is 37.7 Å². The number of benzene rings is 1. The van der Waals surface area contributed by atoms with E-state index < -0.39 is 6.36 Å². The summed E-state index contributed by atoms with van der Waals surface area (Å²) < 4.78 is 41.3. The van der Waals surface area contributed by atoms with Crippen molar-refractivity contribution in [1.82, 2.24) is 4.90 Å². The molecule has 152 valence electrons. The van der Waals surface area contributed by atoms with Gasteiger partial charge in [0.1, 0.15) is 5.75 Å². The number of alkyl halides is 3. The highest BCUT2D eigenvalue weighted by Crippen LogP contribution is 2.36. The number of carbonyl (C=O) groups excluding carboxylic acids is 2. The summed E-state index contributed by atoms with van der Waals surface area (Å²) in [5.74, 6) is -0.00235. The Morgan fingerprint density at radius 2 is 1.64 bits per heavy atom. The number of likely N-dealkylation sites (tertiary alicyclic amines) is 1. The monoisotopic (exact) mass is 396 g/mol. The van der Waals surface area contributed by atoms with Gasteiger partial charge >= 0.3 is 6.36 Å². The Hall–Kier alpha value is -2.25. The molecule has 2 aliphatic heterocycles. The van der Waals surface area contributed by atoms with E-state index in [2.05, 4.69) is 4.74 Å². The fourth-order valence-electron chi connectivity index (χ4n) is 4.16. The molecule has 1 saturated carbocycles. The van der Waals surface area contributed by atoms with Crippen molar-refractivity contribution in [3.05, 3.63) is 23.8 Å². The maximum Gasteiger partial charge on any atom is 0.573 e. The minimum absolute atomic E-state index is 0.00367. The molecule has 0 spiro atoms. The molecule has 1 saturated heterocycles. The second-order valence-electron chi connectivity index (χ2n) is 7.81. The Kier molecular flexibility index (Phi) is 4.97. The Bertz CT molecular complexity index is 768. The molecule has 2 fully saturated rings. The highest BCUT2D eigenvalue weighted by molar-refractivity contribution is 5.96. The molecule has 1 aromatic carbocycles. The lowest BCUT2D eigenvalue weighted by molar-refractivity contribution is -0.274. The van der Waals surface area contributed by atoms with Gasteiger partial charge in [0, 0.05) is 37.2 Å². The molecule has 0 unspecified atom stereocenters. The van der Waals surface area contributed by atoms with E-state index in [1.54, 1.807) is 11.0 Å². The van der Waals surface area contributed by atoms with Crippen LogP contribution in [0.3, 0.4) is 0 Å². The van der Waals surface area contributed by atoms with Crippen molar-refractivity contribution in [3.8, 4) is 5.75 Å². The minimum atomic E-state index is -4.73. The molecule has 8 heteroatoms. The van der Waals surface area contributed by atoms with Gasteiger partial charge in [-0.2, -0.15) is 0 Å². The van der Waals surface area contributed by atoms with E-state index >= 15 is 0 Å². The molecule has 0 aromatic heterocycles. The van der Waals surface area contributed by atoms with Crippen molar-refractivity contribution in [2.45, 2.75) is 44.9 Å². The first-order chi connectivity index (χ1) is 13.3. The highest BCUT2D eigenvalue weighted by Gasteiger charge is 2.37. The molecule has 0 radical (unpaired) electrons. The van der Waals surface area contributed by atoms with Gasteiger partial charge in [0.05, 0.1) is 0 Å². The third-order valence-electron chi connectivity index (χ3n) is 5.75. The number of anilines is 1. The Morgan fingerprint density at radius 3 is 2.29 bits per heavy atom. The fraction of sp³-hybridized carbons (Fsp3) is 0.600. The molecule has 4 rings (SSSR count). The fourth-order valence-corrected chi connectivity index (χ4v) is 4.16. The van der Waals surface area contributed by atoms with Crippen LogP contribution in [-0.4, -0.2) is 42.7 Å². The summed E-state index contributed by atoms with van der Waals surface area (Å²) in [5, 5.41) is 0. The summed E-state index contributed by atoms with van der Waals surface area (Å²) in [7, 11) is 0. The maximum absolute atomic E-state index is 13.1. The van der Waals surface area contributed by atoms with Gasteiger partial charge in [0.15, 0.2) is 0 Å². The zero-order valence-electron chi connectivity index (χ0n) is 15.5. The second-order valence-corrected chi connectivity index (χ2v) is 7.81. The molecule has 2 amide bonds. The van der Waals surface area contributed by atoms with Crippen LogP contribution in [-0.2, 0) is 16.0 Å². The Balaban J connectivity index is 1.42. The zero-order valence-corrected chi connectivity index (χ0v) is 15.5. The van der Waals surface area contributed by atoms with Gasteiger partial charge < -0.3 is 14.5 Å². The molecule has 1 aromatic rings. The van der Waals surface area contributed by atoms with Crippen LogP contribution in [0.15, 0.2) is 18.2 Å². The molecule has 5 nitrogen and oxygen atoms in total. The van der Waals surface area contributed by atoms with E-state index in [4.69, 9.17) is 0 Å². The highest BCUT2D eigenvalue weighted by atomic mass is 19.4. The lowest BCUT2D eigenvalue weighted by Gasteiger charge is -2.36. The van der Waals surface area contributed by atoms with Crippen molar-refractivity contribution in [2.75, 3.05) is 24.5 Å². The molecule has 0 N–H and O–H groups in total. The average molecular weight is 396 g/mol. The van der Waals surface area contributed by atoms with Crippen molar-refractivity contribution in [3.63, 3.8) is 0 Å². The lowest BCUT2D eigenvalue weighted by Crippen LogP contribution is -2.46. The minimum Gasteiger partial charge on any atom is -0.406 e. The second kappa shape index (κ2) is 7.29. The summed E-state index contributed by atoms with van der Waals surface area (Å²) >= 11 is 0. The third kappa shape index (κ3) is 4.10. The molecular weight excluding hydrogens is 373 g/mol. The predicted molar refractivity (Wildman–Crippen MR) is 95.8 cm³/mol. The maximum atomic E-state index is 13.1. The number of hydrogen-bond acceptors (Lipinski definition) is 3. The molecule has 1 aliphatic carbocycles. The van der Waals surface area contributed by atoms with E-state index in [-0.39, 0.29) is 29.4 Å². The molecule has 0 atom stereocenters. The van der Waals surface area contributed by atoms with Crippen LogP contribution in [0.5, 0.6) is 5.75 Å². The van der Waals surface area contributed by atoms with Crippen molar-refractivity contribution in [2.24, 2.45) is 11.8 Å². The summed E-state index contributed by atoms with van der Waals surface area (Å²) in [4.78, 5) is 28.8. The van der Waals surface area contributed by atoms with Gasteiger partial charge in [-0.25, -0.2) is 0 Å². The first-order valence-electron chi connectivity index (χ1n) is 9.80. The topological polar surface area (TPSA) is 49.9 Å². The normalized spacial score (nSPS) is 20.7. The molecule has 28 heavy (non-hydrogen) atoms.